The Labute approximate surface area is 131 Å². The van der Waals surface area contributed by atoms with E-state index in [-0.39, 0.29) is 12.5 Å². The lowest BCUT2D eigenvalue weighted by molar-refractivity contribution is -0.135. The highest BCUT2D eigenvalue weighted by Gasteiger charge is 2.37. The van der Waals surface area contributed by atoms with Crippen LogP contribution in [-0.2, 0) is 9.23 Å². The van der Waals surface area contributed by atoms with E-state index in [0.717, 1.165) is 12.1 Å². The first-order valence-corrected chi connectivity index (χ1v) is 10.5. The molecule has 1 aromatic carbocycles. The van der Waals surface area contributed by atoms with Gasteiger partial charge in [0, 0.05) is 12.5 Å². The van der Waals surface area contributed by atoms with Crippen LogP contribution in [0.15, 0.2) is 18.2 Å². The normalized spacial score (nSPS) is 14.1. The van der Waals surface area contributed by atoms with Crippen molar-refractivity contribution in [1.29, 1.82) is 0 Å². The molecule has 5 heteroatoms. The van der Waals surface area contributed by atoms with Gasteiger partial charge < -0.3 is 9.23 Å². The van der Waals surface area contributed by atoms with E-state index in [9.17, 15) is 0 Å². The number of hydrogen-bond acceptors (Lipinski definition) is 3. The summed E-state index contributed by atoms with van der Waals surface area (Å²) in [6.45, 7) is 16.4. The zero-order chi connectivity index (χ0) is 16.3. The molecule has 0 spiro atoms. The lowest BCUT2D eigenvalue weighted by atomic mass is 9.84. The lowest BCUT2D eigenvalue weighted by Crippen LogP contribution is -2.41. The average molecular weight is 308 g/mol. The van der Waals surface area contributed by atoms with Gasteiger partial charge in [-0.25, -0.2) is 0 Å². The van der Waals surface area contributed by atoms with Crippen LogP contribution in [0.5, 0.6) is 0 Å². The molecule has 0 aromatic heterocycles. The van der Waals surface area contributed by atoms with E-state index in [4.69, 9.17) is 9.68 Å². The van der Waals surface area contributed by atoms with Gasteiger partial charge >= 0.3 is 7.48 Å². The molecule has 0 unspecified atom stereocenters. The summed E-state index contributed by atoms with van der Waals surface area (Å²) in [5, 5.41) is 8.76. The minimum atomic E-state index is -1.69. The largest absolute Gasteiger partial charge is 0.416 e. The van der Waals surface area contributed by atoms with E-state index in [2.05, 4.69) is 64.7 Å². The first kappa shape index (κ1) is 18.4. The zero-order valence-electron chi connectivity index (χ0n) is 14.5. The zero-order valence-corrected chi connectivity index (χ0v) is 15.5. The molecule has 0 aliphatic carbocycles. The monoisotopic (exact) mass is 308 g/mol. The Balaban J connectivity index is 2.74. The summed E-state index contributed by atoms with van der Waals surface area (Å²) >= 11 is 0. The Morgan fingerprint density at radius 3 is 2.38 bits per heavy atom. The van der Waals surface area contributed by atoms with Crippen LogP contribution in [-0.4, -0.2) is 27.7 Å². The third-order valence-electron chi connectivity index (χ3n) is 4.60. The van der Waals surface area contributed by atoms with Gasteiger partial charge in [-0.05, 0) is 41.6 Å². The molecule has 1 aromatic rings. The van der Waals surface area contributed by atoms with Crippen molar-refractivity contribution in [3.8, 4) is 0 Å². The van der Waals surface area contributed by atoms with Gasteiger partial charge in [0.25, 0.3) is 0 Å². The standard InChI is InChI=1S/C16H29BO3Si/c1-12-10-14(17-20-18)8-9-15(12)13(2)11-19-21(6,7)16(3,4)5/h8-10,13,17-18H,11H2,1-7H3/t13-/m0/s1. The fraction of sp³-hybridized carbons (Fsp3) is 0.625. The lowest BCUT2D eigenvalue weighted by Gasteiger charge is -2.37. The van der Waals surface area contributed by atoms with Crippen molar-refractivity contribution in [2.75, 3.05) is 6.61 Å². The number of aryl methyl sites for hydroxylation is 1. The molecule has 1 N–H and O–H groups in total. The molecule has 0 fully saturated rings. The first-order chi connectivity index (χ1) is 9.58. The molecule has 0 saturated heterocycles. The van der Waals surface area contributed by atoms with E-state index in [1.165, 1.54) is 11.1 Å². The third kappa shape index (κ3) is 4.95. The summed E-state index contributed by atoms with van der Waals surface area (Å²) < 4.78 is 6.32. The third-order valence-corrected chi connectivity index (χ3v) is 9.10. The van der Waals surface area contributed by atoms with Crippen LogP contribution in [0.2, 0.25) is 18.1 Å². The van der Waals surface area contributed by atoms with Crippen LogP contribution in [0.4, 0.5) is 0 Å². The molecule has 0 aliphatic heterocycles. The Morgan fingerprint density at radius 1 is 1.29 bits per heavy atom. The summed E-state index contributed by atoms with van der Waals surface area (Å²) in [5.74, 6) is 0.364. The molecule has 1 atom stereocenters. The van der Waals surface area contributed by atoms with Crippen LogP contribution in [0.25, 0.3) is 0 Å². The number of hydrogen-bond donors (Lipinski definition) is 1. The Kier molecular flexibility index (Phi) is 6.23. The highest BCUT2D eigenvalue weighted by atomic mass is 28.4. The van der Waals surface area contributed by atoms with E-state index in [1.807, 2.05) is 6.07 Å². The maximum absolute atomic E-state index is 8.52. The molecule has 21 heavy (non-hydrogen) atoms. The second-order valence-corrected chi connectivity index (χ2v) is 12.2. The summed E-state index contributed by atoms with van der Waals surface area (Å²) in [7, 11) is -1.46. The smallest absolute Gasteiger partial charge is 0.355 e. The maximum atomic E-state index is 8.52. The summed E-state index contributed by atoms with van der Waals surface area (Å²) in [6, 6.07) is 6.18. The molecule has 0 radical (unpaired) electrons. The summed E-state index contributed by atoms with van der Waals surface area (Å²) in [6.07, 6.45) is 0. The quantitative estimate of drug-likeness (QED) is 0.496. The number of rotatable bonds is 6. The summed E-state index contributed by atoms with van der Waals surface area (Å²) in [5.41, 5.74) is 3.50. The fourth-order valence-corrected chi connectivity index (χ4v) is 3.19. The van der Waals surface area contributed by atoms with E-state index in [0.29, 0.717) is 5.92 Å². The minimum absolute atomic E-state index is 0.232. The van der Waals surface area contributed by atoms with Gasteiger partial charge in [-0.2, -0.15) is 0 Å². The molecule has 0 bridgehead atoms. The Hall–Kier alpha value is -0.618. The highest BCUT2D eigenvalue weighted by molar-refractivity contribution is 6.74. The van der Waals surface area contributed by atoms with Crippen LogP contribution in [0.3, 0.4) is 0 Å². The molecule has 0 amide bonds. The van der Waals surface area contributed by atoms with Crippen LogP contribution >= 0.6 is 0 Å². The van der Waals surface area contributed by atoms with E-state index >= 15 is 0 Å². The van der Waals surface area contributed by atoms with Crippen molar-refractivity contribution in [3.63, 3.8) is 0 Å². The molecular weight excluding hydrogens is 279 g/mol. The van der Waals surface area contributed by atoms with Crippen molar-refractivity contribution in [1.82, 2.24) is 0 Å². The molecule has 0 heterocycles. The van der Waals surface area contributed by atoms with E-state index in [1.54, 1.807) is 0 Å². The van der Waals surface area contributed by atoms with Crippen molar-refractivity contribution in [3.05, 3.63) is 29.3 Å². The van der Waals surface area contributed by atoms with Crippen molar-refractivity contribution in [2.24, 2.45) is 0 Å². The Bertz CT molecular complexity index is 469. The second kappa shape index (κ2) is 7.09. The van der Waals surface area contributed by atoms with Crippen molar-refractivity contribution < 1.29 is 14.5 Å². The van der Waals surface area contributed by atoms with Gasteiger partial charge in [-0.15, -0.1) is 0 Å². The first-order valence-electron chi connectivity index (χ1n) is 7.58. The van der Waals surface area contributed by atoms with E-state index < -0.39 is 8.32 Å². The summed E-state index contributed by atoms with van der Waals surface area (Å²) in [4.78, 5) is 4.19. The van der Waals surface area contributed by atoms with Crippen molar-refractivity contribution >= 4 is 21.3 Å². The minimum Gasteiger partial charge on any atom is -0.416 e. The Morgan fingerprint density at radius 2 is 1.90 bits per heavy atom. The van der Waals surface area contributed by atoms with Gasteiger partial charge in [0.15, 0.2) is 8.32 Å². The SMILES string of the molecule is Cc1cc(BOO)ccc1[C@@H](C)CO[Si](C)(C)C(C)(C)C. The van der Waals surface area contributed by atoms with Gasteiger partial charge in [0.1, 0.15) is 0 Å². The maximum Gasteiger partial charge on any atom is 0.355 e. The molecule has 118 valence electrons. The predicted octanol–water partition coefficient (Wildman–Crippen LogP) is 3.59. The molecule has 1 rings (SSSR count). The van der Waals surface area contributed by atoms with Gasteiger partial charge in [-0.1, -0.05) is 45.9 Å². The molecule has 0 saturated carbocycles. The molecule has 0 aliphatic rings. The van der Waals surface area contributed by atoms with Gasteiger partial charge in [-0.3, -0.25) is 5.26 Å². The van der Waals surface area contributed by atoms with Crippen molar-refractivity contribution in [2.45, 2.75) is 58.7 Å². The molecular formula is C16H29BO3Si. The van der Waals surface area contributed by atoms with Crippen LogP contribution in [0, 0.1) is 6.92 Å². The topological polar surface area (TPSA) is 38.7 Å². The number of benzene rings is 1. The fourth-order valence-electron chi connectivity index (χ4n) is 2.09. The van der Waals surface area contributed by atoms with Gasteiger partial charge in [0.05, 0.1) is 0 Å². The second-order valence-electron chi connectivity index (χ2n) is 7.44. The molecule has 3 nitrogen and oxygen atoms in total. The average Bonchev–Trinajstić information content (AvgIpc) is 2.35. The van der Waals surface area contributed by atoms with Crippen LogP contribution in [0.1, 0.15) is 44.7 Å². The van der Waals surface area contributed by atoms with Gasteiger partial charge in [0.2, 0.25) is 0 Å². The van der Waals surface area contributed by atoms with Crippen LogP contribution < -0.4 is 5.46 Å². The highest BCUT2D eigenvalue weighted by Crippen LogP contribution is 2.37. The predicted molar refractivity (Wildman–Crippen MR) is 93.2 cm³/mol.